The molecule has 3 nitrogen and oxygen atoms in total. The summed E-state index contributed by atoms with van der Waals surface area (Å²) in [5.74, 6) is -0.543. The Kier molecular flexibility index (Phi) is 4.59. The average Bonchev–Trinajstić information content (AvgIpc) is 2.26. The van der Waals surface area contributed by atoms with Crippen LogP contribution < -0.4 is 5.73 Å². The topological polar surface area (TPSA) is 52.3 Å². The molecule has 0 aromatic heterocycles. The Bertz CT molecular complexity index is 448. The number of ether oxygens (including phenoxy) is 1. The molecule has 0 amide bonds. The number of rotatable bonds is 3. The highest BCUT2D eigenvalue weighted by atomic mass is 35.5. The van der Waals surface area contributed by atoms with E-state index in [9.17, 15) is 18.0 Å². The normalized spacial score (nSPS) is 13.2. The minimum Gasteiger partial charge on any atom is -0.469 e. The lowest BCUT2D eigenvalue weighted by molar-refractivity contribution is -0.141. The molecule has 0 aliphatic rings. The molecule has 100 valence electrons. The highest BCUT2D eigenvalue weighted by molar-refractivity contribution is 6.31. The summed E-state index contributed by atoms with van der Waals surface area (Å²) in [5, 5.41) is -0.444. The fourth-order valence-electron chi connectivity index (χ4n) is 1.37. The first-order chi connectivity index (χ1) is 8.25. The quantitative estimate of drug-likeness (QED) is 0.867. The first kappa shape index (κ1) is 14.8. The molecule has 0 aliphatic heterocycles. The van der Waals surface area contributed by atoms with Crippen LogP contribution >= 0.6 is 11.6 Å². The maximum absolute atomic E-state index is 12.5. The van der Waals surface area contributed by atoms with E-state index >= 15 is 0 Å². The number of carbonyl (C=O) groups is 1. The van der Waals surface area contributed by atoms with Crippen LogP contribution in [0.5, 0.6) is 0 Å². The van der Waals surface area contributed by atoms with E-state index in [0.29, 0.717) is 5.56 Å². The monoisotopic (exact) mass is 281 g/mol. The predicted octanol–water partition coefficient (Wildman–Crippen LogP) is 2.92. The summed E-state index contributed by atoms with van der Waals surface area (Å²) in [7, 11) is 1.20. The van der Waals surface area contributed by atoms with Gasteiger partial charge in [0.2, 0.25) is 0 Å². The van der Waals surface area contributed by atoms with E-state index in [0.717, 1.165) is 12.1 Å². The molecule has 0 aliphatic carbocycles. The smallest absolute Gasteiger partial charge is 0.417 e. The number of benzene rings is 1. The number of hydrogen-bond donors (Lipinski definition) is 1. The standard InChI is InChI=1S/C11H11ClF3NO2/c1-18-10(17)5-9(16)6-2-3-7(8(12)4-6)11(13,14)15/h2-4,9H,5,16H2,1H3. The van der Waals surface area contributed by atoms with Gasteiger partial charge >= 0.3 is 12.1 Å². The molecule has 1 unspecified atom stereocenters. The molecule has 0 bridgehead atoms. The predicted molar refractivity (Wildman–Crippen MR) is 60.0 cm³/mol. The molecule has 0 saturated heterocycles. The SMILES string of the molecule is COC(=O)CC(N)c1ccc(C(F)(F)F)c(Cl)c1. The van der Waals surface area contributed by atoms with Gasteiger partial charge in [0, 0.05) is 6.04 Å². The first-order valence-corrected chi connectivity index (χ1v) is 5.32. The van der Waals surface area contributed by atoms with Crippen molar-refractivity contribution in [1.29, 1.82) is 0 Å². The summed E-state index contributed by atoms with van der Waals surface area (Å²) >= 11 is 5.54. The maximum Gasteiger partial charge on any atom is 0.417 e. The second-order valence-electron chi connectivity index (χ2n) is 3.62. The van der Waals surface area contributed by atoms with Crippen molar-refractivity contribution >= 4 is 17.6 Å². The van der Waals surface area contributed by atoms with Gasteiger partial charge in [-0.05, 0) is 17.7 Å². The molecular weight excluding hydrogens is 271 g/mol. The van der Waals surface area contributed by atoms with E-state index in [-0.39, 0.29) is 6.42 Å². The van der Waals surface area contributed by atoms with Crippen LogP contribution in [0.1, 0.15) is 23.6 Å². The second-order valence-corrected chi connectivity index (χ2v) is 4.03. The Morgan fingerprint density at radius 1 is 1.50 bits per heavy atom. The Morgan fingerprint density at radius 3 is 2.56 bits per heavy atom. The van der Waals surface area contributed by atoms with Crippen molar-refractivity contribution in [2.75, 3.05) is 7.11 Å². The molecule has 0 radical (unpaired) electrons. The van der Waals surface area contributed by atoms with Crippen molar-refractivity contribution < 1.29 is 22.7 Å². The van der Waals surface area contributed by atoms with Crippen molar-refractivity contribution in [1.82, 2.24) is 0 Å². The molecule has 1 aromatic rings. The van der Waals surface area contributed by atoms with Gasteiger partial charge in [0.15, 0.2) is 0 Å². The van der Waals surface area contributed by atoms with Gasteiger partial charge in [-0.25, -0.2) is 0 Å². The van der Waals surface area contributed by atoms with Crippen molar-refractivity contribution in [3.05, 3.63) is 34.3 Å². The Hall–Kier alpha value is -1.27. The number of halogens is 4. The fraction of sp³-hybridized carbons (Fsp3) is 0.364. The van der Waals surface area contributed by atoms with E-state index < -0.39 is 28.8 Å². The zero-order valence-corrected chi connectivity index (χ0v) is 10.2. The Balaban J connectivity index is 2.94. The van der Waals surface area contributed by atoms with Gasteiger partial charge < -0.3 is 10.5 Å². The molecule has 0 heterocycles. The molecule has 7 heteroatoms. The average molecular weight is 282 g/mol. The summed E-state index contributed by atoms with van der Waals surface area (Å²) in [6.45, 7) is 0. The van der Waals surface area contributed by atoms with Crippen molar-refractivity contribution in [3.63, 3.8) is 0 Å². The lowest BCUT2D eigenvalue weighted by Gasteiger charge is -2.14. The van der Waals surface area contributed by atoms with E-state index in [2.05, 4.69) is 4.74 Å². The van der Waals surface area contributed by atoms with Crippen LogP contribution in [0.25, 0.3) is 0 Å². The van der Waals surface area contributed by atoms with Crippen LogP contribution in [0.4, 0.5) is 13.2 Å². The highest BCUT2D eigenvalue weighted by Gasteiger charge is 2.33. The molecule has 0 fully saturated rings. The first-order valence-electron chi connectivity index (χ1n) is 4.94. The zero-order valence-electron chi connectivity index (χ0n) is 9.42. The second kappa shape index (κ2) is 5.58. The summed E-state index contributed by atoms with van der Waals surface area (Å²) in [4.78, 5) is 11.0. The summed E-state index contributed by atoms with van der Waals surface area (Å²) < 4.78 is 41.8. The van der Waals surface area contributed by atoms with Gasteiger partial charge in [0.1, 0.15) is 0 Å². The third kappa shape index (κ3) is 3.61. The largest absolute Gasteiger partial charge is 0.469 e. The number of alkyl halides is 3. The minimum absolute atomic E-state index is 0.127. The summed E-state index contributed by atoms with van der Waals surface area (Å²) in [6, 6.07) is 2.40. The van der Waals surface area contributed by atoms with Crippen LogP contribution in [-0.4, -0.2) is 13.1 Å². The summed E-state index contributed by atoms with van der Waals surface area (Å²) in [6.07, 6.45) is -4.64. The van der Waals surface area contributed by atoms with Crippen LogP contribution in [-0.2, 0) is 15.7 Å². The molecule has 1 aromatic carbocycles. The van der Waals surface area contributed by atoms with Gasteiger partial charge in [-0.2, -0.15) is 13.2 Å². The number of carbonyl (C=O) groups excluding carboxylic acids is 1. The third-order valence-corrected chi connectivity index (χ3v) is 2.65. The van der Waals surface area contributed by atoms with Gasteiger partial charge in [-0.15, -0.1) is 0 Å². The molecule has 18 heavy (non-hydrogen) atoms. The van der Waals surface area contributed by atoms with E-state index in [1.165, 1.54) is 13.2 Å². The van der Waals surface area contributed by atoms with Crippen LogP contribution in [0.15, 0.2) is 18.2 Å². The Morgan fingerprint density at radius 2 is 2.11 bits per heavy atom. The maximum atomic E-state index is 12.5. The fourth-order valence-corrected chi connectivity index (χ4v) is 1.67. The van der Waals surface area contributed by atoms with Crippen molar-refractivity contribution in [2.24, 2.45) is 5.73 Å². The minimum atomic E-state index is -4.51. The van der Waals surface area contributed by atoms with Crippen molar-refractivity contribution in [3.8, 4) is 0 Å². The van der Waals surface area contributed by atoms with E-state index in [1.54, 1.807) is 0 Å². The number of hydrogen-bond acceptors (Lipinski definition) is 3. The molecule has 0 spiro atoms. The van der Waals surface area contributed by atoms with Gasteiger partial charge in [0.05, 0.1) is 24.1 Å². The molecule has 0 saturated carbocycles. The highest BCUT2D eigenvalue weighted by Crippen LogP contribution is 2.35. The van der Waals surface area contributed by atoms with E-state index in [1.807, 2.05) is 0 Å². The van der Waals surface area contributed by atoms with Crippen LogP contribution in [0, 0.1) is 0 Å². The number of nitrogens with two attached hydrogens (primary N) is 1. The van der Waals surface area contributed by atoms with Crippen molar-refractivity contribution in [2.45, 2.75) is 18.6 Å². The van der Waals surface area contributed by atoms with Gasteiger partial charge in [-0.3, -0.25) is 4.79 Å². The lowest BCUT2D eigenvalue weighted by atomic mass is 10.0. The van der Waals surface area contributed by atoms with Gasteiger partial charge in [0.25, 0.3) is 0 Å². The molecule has 2 N–H and O–H groups in total. The van der Waals surface area contributed by atoms with E-state index in [4.69, 9.17) is 17.3 Å². The Labute approximate surface area is 107 Å². The van der Waals surface area contributed by atoms with Crippen LogP contribution in [0.2, 0.25) is 5.02 Å². The zero-order chi connectivity index (χ0) is 13.9. The van der Waals surface area contributed by atoms with Crippen LogP contribution in [0.3, 0.4) is 0 Å². The molecular formula is C11H11ClF3NO2. The lowest BCUT2D eigenvalue weighted by Crippen LogP contribution is -2.17. The van der Waals surface area contributed by atoms with Gasteiger partial charge in [-0.1, -0.05) is 17.7 Å². The summed E-state index contributed by atoms with van der Waals surface area (Å²) in [5.41, 5.74) is 5.07. The molecule has 1 rings (SSSR count). The molecule has 1 atom stereocenters. The number of methoxy groups -OCH3 is 1. The number of esters is 1. The third-order valence-electron chi connectivity index (χ3n) is 2.34.